The number of allylic oxidation sites excluding steroid dienone is 4. The Bertz CT molecular complexity index is 751. The van der Waals surface area contributed by atoms with Crippen LogP contribution in [0.25, 0.3) is 0 Å². The van der Waals surface area contributed by atoms with Gasteiger partial charge < -0.3 is 15.3 Å². The standard InChI is InChI=1S/C28H44O3/c1-19(8-6-14-27(3,4)31)24-12-13-25-21(9-7-15-28(24,25)5)10-11-22-17-26(30)23(18-29)16-20(22)2/h10-11,18-19,24-26,29-31H,2,6-9,12-17H2,1,3-5H3/b21-10?,22-11+,23-18?/t19-,24+,25?,26+,28+/m0/s1. The minimum Gasteiger partial charge on any atom is -0.516 e. The molecule has 0 heterocycles. The molecule has 0 amide bonds. The zero-order valence-corrected chi connectivity index (χ0v) is 20.2. The summed E-state index contributed by atoms with van der Waals surface area (Å²) in [6.45, 7) is 13.0. The largest absolute Gasteiger partial charge is 0.516 e. The van der Waals surface area contributed by atoms with Gasteiger partial charge in [-0.2, -0.15) is 0 Å². The molecule has 3 aliphatic rings. The van der Waals surface area contributed by atoms with Crippen molar-refractivity contribution in [3.05, 3.63) is 47.3 Å². The van der Waals surface area contributed by atoms with Crippen LogP contribution in [-0.2, 0) is 0 Å². The Hall–Kier alpha value is -1.32. The van der Waals surface area contributed by atoms with Crippen molar-refractivity contribution < 1.29 is 15.3 Å². The highest BCUT2D eigenvalue weighted by Gasteiger charge is 2.50. The maximum atomic E-state index is 10.3. The van der Waals surface area contributed by atoms with Crippen molar-refractivity contribution in [2.24, 2.45) is 23.2 Å². The van der Waals surface area contributed by atoms with Crippen LogP contribution in [0.2, 0.25) is 0 Å². The van der Waals surface area contributed by atoms with Gasteiger partial charge in [-0.15, -0.1) is 0 Å². The van der Waals surface area contributed by atoms with Gasteiger partial charge in [-0.25, -0.2) is 0 Å². The van der Waals surface area contributed by atoms with E-state index in [9.17, 15) is 15.3 Å². The molecule has 3 N–H and O–H groups in total. The van der Waals surface area contributed by atoms with Crippen LogP contribution < -0.4 is 0 Å². The second-order valence-electron chi connectivity index (χ2n) is 11.4. The first-order valence-corrected chi connectivity index (χ1v) is 12.4. The Kier molecular flexibility index (Phi) is 7.58. The van der Waals surface area contributed by atoms with Gasteiger partial charge in [0.25, 0.3) is 0 Å². The van der Waals surface area contributed by atoms with Gasteiger partial charge in [0, 0.05) is 6.42 Å². The van der Waals surface area contributed by atoms with E-state index < -0.39 is 11.7 Å². The Morgan fingerprint density at radius 1 is 1.23 bits per heavy atom. The molecule has 3 heteroatoms. The fraction of sp³-hybridized carbons (Fsp3) is 0.714. The van der Waals surface area contributed by atoms with Gasteiger partial charge in [0.1, 0.15) is 0 Å². The first-order valence-electron chi connectivity index (χ1n) is 12.4. The van der Waals surface area contributed by atoms with Gasteiger partial charge in [-0.05, 0) is 98.7 Å². The van der Waals surface area contributed by atoms with E-state index in [-0.39, 0.29) is 0 Å². The average Bonchev–Trinajstić information content (AvgIpc) is 3.04. The minimum atomic E-state index is -0.600. The van der Waals surface area contributed by atoms with E-state index in [2.05, 4.69) is 32.6 Å². The fourth-order valence-electron chi connectivity index (χ4n) is 6.76. The number of hydrogen-bond donors (Lipinski definition) is 3. The minimum absolute atomic E-state index is 0.382. The number of fused-ring (bicyclic) bond motifs is 1. The van der Waals surface area contributed by atoms with Gasteiger partial charge in [0.2, 0.25) is 0 Å². The van der Waals surface area contributed by atoms with Crippen molar-refractivity contribution >= 4 is 0 Å². The van der Waals surface area contributed by atoms with Crippen molar-refractivity contribution in [2.45, 2.75) is 104 Å². The highest BCUT2D eigenvalue weighted by atomic mass is 16.3. The Balaban J connectivity index is 1.70. The molecule has 0 saturated heterocycles. The SMILES string of the molecule is C=C1CC(=CO)[C@H](O)C/C1=C\C=C1CCC[C@@]2(C)C1CC[C@@H]2[C@@H](C)CCCC(C)(C)O. The first kappa shape index (κ1) is 24.3. The molecule has 5 atom stereocenters. The molecule has 0 aromatic carbocycles. The van der Waals surface area contributed by atoms with Crippen LogP contribution in [-0.4, -0.2) is 27.0 Å². The van der Waals surface area contributed by atoms with Gasteiger partial charge in [-0.1, -0.05) is 51.0 Å². The second-order valence-corrected chi connectivity index (χ2v) is 11.4. The molecule has 3 aliphatic carbocycles. The zero-order valence-electron chi connectivity index (χ0n) is 20.2. The molecular weight excluding hydrogens is 384 g/mol. The molecule has 0 spiro atoms. The van der Waals surface area contributed by atoms with Crippen molar-refractivity contribution in [1.29, 1.82) is 0 Å². The normalized spacial score (nSPS) is 36.9. The number of hydrogen-bond acceptors (Lipinski definition) is 3. The second kappa shape index (κ2) is 9.67. The predicted molar refractivity (Wildman–Crippen MR) is 129 cm³/mol. The van der Waals surface area contributed by atoms with E-state index in [0.717, 1.165) is 36.2 Å². The van der Waals surface area contributed by atoms with E-state index in [1.165, 1.54) is 38.5 Å². The summed E-state index contributed by atoms with van der Waals surface area (Å²) in [5, 5.41) is 29.6. The molecule has 0 radical (unpaired) electrons. The van der Waals surface area contributed by atoms with E-state index in [0.29, 0.717) is 35.7 Å². The van der Waals surface area contributed by atoms with Crippen LogP contribution in [0.4, 0.5) is 0 Å². The van der Waals surface area contributed by atoms with Gasteiger partial charge in [0.05, 0.1) is 18.0 Å². The van der Waals surface area contributed by atoms with Crippen LogP contribution in [0.5, 0.6) is 0 Å². The van der Waals surface area contributed by atoms with E-state index in [4.69, 9.17) is 0 Å². The van der Waals surface area contributed by atoms with E-state index in [1.807, 2.05) is 13.8 Å². The number of aliphatic hydroxyl groups is 3. The molecule has 3 rings (SSSR count). The lowest BCUT2D eigenvalue weighted by Gasteiger charge is -2.44. The van der Waals surface area contributed by atoms with Crippen molar-refractivity contribution in [3.63, 3.8) is 0 Å². The molecular formula is C28H44O3. The lowest BCUT2D eigenvalue weighted by atomic mass is 9.60. The van der Waals surface area contributed by atoms with E-state index in [1.54, 1.807) is 5.57 Å². The summed E-state index contributed by atoms with van der Waals surface area (Å²) in [5.74, 6) is 2.13. The molecule has 0 aliphatic heterocycles. The zero-order chi connectivity index (χ0) is 22.8. The summed E-state index contributed by atoms with van der Waals surface area (Å²) in [4.78, 5) is 0. The maximum Gasteiger partial charge on any atom is 0.0826 e. The molecule has 0 aromatic rings. The van der Waals surface area contributed by atoms with Crippen molar-refractivity contribution in [1.82, 2.24) is 0 Å². The molecule has 0 bridgehead atoms. The summed E-state index contributed by atoms with van der Waals surface area (Å²) in [6, 6.07) is 0. The summed E-state index contributed by atoms with van der Waals surface area (Å²) >= 11 is 0. The smallest absolute Gasteiger partial charge is 0.0826 e. The molecule has 3 fully saturated rings. The summed E-state index contributed by atoms with van der Waals surface area (Å²) in [5.41, 5.74) is 4.20. The highest BCUT2D eigenvalue weighted by Crippen LogP contribution is 2.60. The van der Waals surface area contributed by atoms with Crippen LogP contribution in [0.15, 0.2) is 47.3 Å². The van der Waals surface area contributed by atoms with Gasteiger partial charge in [-0.3, -0.25) is 0 Å². The quantitative estimate of drug-likeness (QED) is 0.408. The lowest BCUT2D eigenvalue weighted by molar-refractivity contribution is 0.0596. The van der Waals surface area contributed by atoms with Crippen LogP contribution in [0.3, 0.4) is 0 Å². The summed E-state index contributed by atoms with van der Waals surface area (Å²) in [7, 11) is 0. The molecule has 3 nitrogen and oxygen atoms in total. The van der Waals surface area contributed by atoms with Gasteiger partial charge >= 0.3 is 0 Å². The monoisotopic (exact) mass is 428 g/mol. The average molecular weight is 429 g/mol. The van der Waals surface area contributed by atoms with Crippen LogP contribution >= 0.6 is 0 Å². The molecule has 1 unspecified atom stereocenters. The Morgan fingerprint density at radius 2 is 1.97 bits per heavy atom. The predicted octanol–water partition coefficient (Wildman–Crippen LogP) is 6.79. The number of rotatable bonds is 6. The Labute approximate surface area is 189 Å². The van der Waals surface area contributed by atoms with Crippen LogP contribution in [0, 0.1) is 23.2 Å². The van der Waals surface area contributed by atoms with Crippen molar-refractivity contribution in [2.75, 3.05) is 0 Å². The molecule has 0 aromatic heterocycles. The molecule has 31 heavy (non-hydrogen) atoms. The Morgan fingerprint density at radius 3 is 2.65 bits per heavy atom. The van der Waals surface area contributed by atoms with Gasteiger partial charge in [0.15, 0.2) is 0 Å². The first-order chi connectivity index (χ1) is 14.5. The van der Waals surface area contributed by atoms with Crippen molar-refractivity contribution in [3.8, 4) is 0 Å². The molecule has 174 valence electrons. The third kappa shape index (κ3) is 5.54. The van der Waals surface area contributed by atoms with Crippen LogP contribution in [0.1, 0.15) is 91.9 Å². The third-order valence-electron chi connectivity index (χ3n) is 8.55. The maximum absolute atomic E-state index is 10.3. The summed E-state index contributed by atoms with van der Waals surface area (Å²) < 4.78 is 0. The summed E-state index contributed by atoms with van der Waals surface area (Å²) in [6.07, 6.45) is 15.6. The molecule has 3 saturated carbocycles. The van der Waals surface area contributed by atoms with E-state index >= 15 is 0 Å². The fourth-order valence-corrected chi connectivity index (χ4v) is 6.76. The highest BCUT2D eigenvalue weighted by molar-refractivity contribution is 5.41. The third-order valence-corrected chi connectivity index (χ3v) is 8.55. The number of aliphatic hydroxyl groups excluding tert-OH is 2. The lowest BCUT2D eigenvalue weighted by Crippen LogP contribution is -2.36. The topological polar surface area (TPSA) is 60.7 Å².